The number of thiophene rings is 1. The van der Waals surface area contributed by atoms with E-state index < -0.39 is 0 Å². The van der Waals surface area contributed by atoms with E-state index in [1.165, 1.54) is 37.0 Å². The summed E-state index contributed by atoms with van der Waals surface area (Å²) in [5.41, 5.74) is 6.16. The van der Waals surface area contributed by atoms with Crippen molar-refractivity contribution in [2.45, 2.75) is 32.6 Å². The second-order valence-corrected chi connectivity index (χ2v) is 6.42. The molecule has 0 saturated heterocycles. The summed E-state index contributed by atoms with van der Waals surface area (Å²) in [5.74, 6) is 7.23. The molecule has 108 valence electrons. The van der Waals surface area contributed by atoms with Crippen LogP contribution in [-0.4, -0.2) is 19.0 Å². The van der Waals surface area contributed by atoms with Gasteiger partial charge in [-0.1, -0.05) is 31.6 Å². The quantitative estimate of drug-likeness (QED) is 0.841. The van der Waals surface area contributed by atoms with Crippen LogP contribution in [0.5, 0.6) is 0 Å². The average Bonchev–Trinajstić information content (AvgIpc) is 2.92. The maximum absolute atomic E-state index is 12.2. The SMILES string of the molecule is CC1CCC(CNC(=O)c2sccc2C#CCN)CC1. The molecule has 1 heterocycles. The van der Waals surface area contributed by atoms with Crippen molar-refractivity contribution in [3.05, 3.63) is 21.9 Å². The van der Waals surface area contributed by atoms with Gasteiger partial charge in [0.05, 0.1) is 6.54 Å². The second kappa shape index (κ2) is 7.47. The molecule has 20 heavy (non-hydrogen) atoms. The summed E-state index contributed by atoms with van der Waals surface area (Å²) in [4.78, 5) is 12.9. The predicted octanol–water partition coefficient (Wildman–Crippen LogP) is 2.61. The van der Waals surface area contributed by atoms with E-state index >= 15 is 0 Å². The molecule has 1 aliphatic carbocycles. The van der Waals surface area contributed by atoms with Crippen molar-refractivity contribution in [2.75, 3.05) is 13.1 Å². The van der Waals surface area contributed by atoms with Crippen LogP contribution in [0.15, 0.2) is 11.4 Å². The first-order valence-corrected chi connectivity index (χ1v) is 8.13. The zero-order chi connectivity index (χ0) is 14.4. The van der Waals surface area contributed by atoms with E-state index in [1.807, 2.05) is 11.4 Å². The van der Waals surface area contributed by atoms with Gasteiger partial charge in [-0.25, -0.2) is 0 Å². The lowest BCUT2D eigenvalue weighted by atomic mass is 9.83. The molecule has 0 atom stereocenters. The van der Waals surface area contributed by atoms with Crippen molar-refractivity contribution in [3.63, 3.8) is 0 Å². The molecule has 0 spiro atoms. The van der Waals surface area contributed by atoms with Gasteiger partial charge >= 0.3 is 0 Å². The minimum absolute atomic E-state index is 0.0000524. The lowest BCUT2D eigenvalue weighted by Crippen LogP contribution is -2.31. The van der Waals surface area contributed by atoms with Gasteiger partial charge in [0, 0.05) is 12.1 Å². The average molecular weight is 290 g/mol. The molecule has 1 aromatic heterocycles. The van der Waals surface area contributed by atoms with Crippen molar-refractivity contribution in [1.29, 1.82) is 0 Å². The fourth-order valence-electron chi connectivity index (χ4n) is 2.58. The fourth-order valence-corrected chi connectivity index (χ4v) is 3.35. The van der Waals surface area contributed by atoms with E-state index in [2.05, 4.69) is 24.1 Å². The molecule has 0 radical (unpaired) electrons. The highest BCUT2D eigenvalue weighted by atomic mass is 32.1. The highest BCUT2D eigenvalue weighted by molar-refractivity contribution is 7.12. The largest absolute Gasteiger partial charge is 0.351 e. The number of nitrogens with two attached hydrogens (primary N) is 1. The zero-order valence-corrected chi connectivity index (χ0v) is 12.8. The van der Waals surface area contributed by atoms with Gasteiger partial charge < -0.3 is 11.1 Å². The van der Waals surface area contributed by atoms with Gasteiger partial charge in [0.2, 0.25) is 0 Å². The van der Waals surface area contributed by atoms with Crippen LogP contribution in [0.25, 0.3) is 0 Å². The molecule has 1 aromatic rings. The van der Waals surface area contributed by atoms with Gasteiger partial charge in [-0.3, -0.25) is 4.79 Å². The Bertz CT molecular complexity index is 504. The third-order valence-corrected chi connectivity index (χ3v) is 4.80. The minimum atomic E-state index is -0.0000524. The Labute approximate surface area is 124 Å². The third kappa shape index (κ3) is 4.09. The van der Waals surface area contributed by atoms with Crippen LogP contribution < -0.4 is 11.1 Å². The first-order chi connectivity index (χ1) is 9.70. The van der Waals surface area contributed by atoms with Crippen LogP contribution >= 0.6 is 11.3 Å². The number of hydrogen-bond acceptors (Lipinski definition) is 3. The topological polar surface area (TPSA) is 55.1 Å². The monoisotopic (exact) mass is 290 g/mol. The Morgan fingerprint density at radius 2 is 2.20 bits per heavy atom. The lowest BCUT2D eigenvalue weighted by molar-refractivity contribution is 0.0946. The van der Waals surface area contributed by atoms with Crippen LogP contribution in [0.1, 0.15) is 47.8 Å². The molecule has 3 N–H and O–H groups in total. The molecule has 0 unspecified atom stereocenters. The molecule has 3 nitrogen and oxygen atoms in total. The molecule has 4 heteroatoms. The molecule has 1 aliphatic rings. The summed E-state index contributed by atoms with van der Waals surface area (Å²) in [5, 5.41) is 4.96. The summed E-state index contributed by atoms with van der Waals surface area (Å²) >= 11 is 1.44. The Balaban J connectivity index is 1.87. The molecule has 1 saturated carbocycles. The van der Waals surface area contributed by atoms with Crippen LogP contribution in [0.3, 0.4) is 0 Å². The van der Waals surface area contributed by atoms with E-state index in [9.17, 15) is 4.79 Å². The maximum Gasteiger partial charge on any atom is 0.262 e. The molecular weight excluding hydrogens is 268 g/mol. The summed E-state index contributed by atoms with van der Waals surface area (Å²) in [7, 11) is 0. The number of nitrogens with one attached hydrogen (secondary N) is 1. The van der Waals surface area contributed by atoms with Gasteiger partial charge in [-0.05, 0) is 36.1 Å². The minimum Gasteiger partial charge on any atom is -0.351 e. The normalized spacial score (nSPS) is 21.9. The van der Waals surface area contributed by atoms with Crippen molar-refractivity contribution in [1.82, 2.24) is 5.32 Å². The first kappa shape index (κ1) is 15.1. The number of hydrogen-bond donors (Lipinski definition) is 2. The summed E-state index contributed by atoms with van der Waals surface area (Å²) in [6.07, 6.45) is 5.02. The van der Waals surface area contributed by atoms with Gasteiger partial charge in [0.15, 0.2) is 0 Å². The Hall–Kier alpha value is -1.31. The third-order valence-electron chi connectivity index (χ3n) is 3.88. The number of amides is 1. The molecular formula is C16H22N2OS. The van der Waals surface area contributed by atoms with Gasteiger partial charge in [0.25, 0.3) is 5.91 Å². The molecule has 1 amide bonds. The Morgan fingerprint density at radius 3 is 2.90 bits per heavy atom. The standard InChI is InChI=1S/C16H22N2OS/c1-12-4-6-13(7-5-12)11-18-16(19)15-14(3-2-9-17)8-10-20-15/h8,10,12-13H,4-7,9,11,17H2,1H3,(H,18,19). The number of rotatable bonds is 3. The highest BCUT2D eigenvalue weighted by Crippen LogP contribution is 2.27. The number of carbonyl (C=O) groups excluding carboxylic acids is 1. The summed E-state index contributed by atoms with van der Waals surface area (Å²) < 4.78 is 0. The highest BCUT2D eigenvalue weighted by Gasteiger charge is 2.19. The molecule has 1 fully saturated rings. The van der Waals surface area contributed by atoms with Crippen LogP contribution in [-0.2, 0) is 0 Å². The molecule has 0 aromatic carbocycles. The van der Waals surface area contributed by atoms with E-state index in [4.69, 9.17) is 5.73 Å². The predicted molar refractivity (Wildman–Crippen MR) is 83.7 cm³/mol. The van der Waals surface area contributed by atoms with Gasteiger partial charge in [-0.15, -0.1) is 11.3 Å². The van der Waals surface area contributed by atoms with Crippen molar-refractivity contribution in [2.24, 2.45) is 17.6 Å². The molecule has 0 bridgehead atoms. The fraction of sp³-hybridized carbons (Fsp3) is 0.562. The van der Waals surface area contributed by atoms with Crippen molar-refractivity contribution >= 4 is 17.2 Å². The van der Waals surface area contributed by atoms with Crippen LogP contribution in [0.4, 0.5) is 0 Å². The van der Waals surface area contributed by atoms with E-state index in [-0.39, 0.29) is 5.91 Å². The van der Waals surface area contributed by atoms with E-state index in [0.29, 0.717) is 17.3 Å². The zero-order valence-electron chi connectivity index (χ0n) is 11.9. The van der Waals surface area contributed by atoms with Gasteiger partial charge in [-0.2, -0.15) is 0 Å². The molecule has 0 aliphatic heterocycles. The molecule has 2 rings (SSSR count). The van der Waals surface area contributed by atoms with E-state index in [1.54, 1.807) is 0 Å². The Morgan fingerprint density at radius 1 is 1.45 bits per heavy atom. The van der Waals surface area contributed by atoms with Crippen LogP contribution in [0.2, 0.25) is 0 Å². The van der Waals surface area contributed by atoms with Crippen molar-refractivity contribution in [3.8, 4) is 11.8 Å². The summed E-state index contributed by atoms with van der Waals surface area (Å²) in [6.45, 7) is 3.41. The second-order valence-electron chi connectivity index (χ2n) is 5.51. The van der Waals surface area contributed by atoms with Gasteiger partial charge in [0.1, 0.15) is 4.88 Å². The van der Waals surface area contributed by atoms with E-state index in [0.717, 1.165) is 18.0 Å². The Kier molecular flexibility index (Phi) is 5.63. The number of carbonyl (C=O) groups is 1. The smallest absolute Gasteiger partial charge is 0.262 e. The lowest BCUT2D eigenvalue weighted by Gasteiger charge is -2.26. The van der Waals surface area contributed by atoms with Crippen molar-refractivity contribution < 1.29 is 4.79 Å². The maximum atomic E-state index is 12.2. The van der Waals surface area contributed by atoms with Crippen LogP contribution in [0, 0.1) is 23.7 Å². The first-order valence-electron chi connectivity index (χ1n) is 7.25. The summed E-state index contributed by atoms with van der Waals surface area (Å²) in [6, 6.07) is 1.88.